The first kappa shape index (κ1) is 28.9. The minimum absolute atomic E-state index is 0.0109. The zero-order valence-corrected chi connectivity index (χ0v) is 24.0. The maximum atomic E-state index is 15.3. The van der Waals surface area contributed by atoms with Gasteiger partial charge in [0.15, 0.2) is 23.0 Å². The molecule has 3 heterocycles. The van der Waals surface area contributed by atoms with Gasteiger partial charge in [0.1, 0.15) is 35.9 Å². The quantitative estimate of drug-likeness (QED) is 0.274. The fourth-order valence-electron chi connectivity index (χ4n) is 5.85. The van der Waals surface area contributed by atoms with Gasteiger partial charge in [-0.3, -0.25) is 4.79 Å². The van der Waals surface area contributed by atoms with E-state index in [1.165, 1.54) is 12.1 Å². The Morgan fingerprint density at radius 2 is 1.30 bits per heavy atom. The van der Waals surface area contributed by atoms with Gasteiger partial charge in [-0.1, -0.05) is 38.8 Å². The van der Waals surface area contributed by atoms with Crippen molar-refractivity contribution in [2.45, 2.75) is 57.2 Å². The summed E-state index contributed by atoms with van der Waals surface area (Å²) in [4.78, 5) is 14.5. The molecular weight excluding hydrogens is 561 g/mol. The second-order valence-electron chi connectivity index (χ2n) is 10.8. The van der Waals surface area contributed by atoms with Crippen molar-refractivity contribution in [2.75, 3.05) is 32.1 Å². The Bertz CT molecular complexity index is 1450. The van der Waals surface area contributed by atoms with Crippen molar-refractivity contribution in [1.29, 1.82) is 0 Å². The van der Waals surface area contributed by atoms with Crippen LogP contribution in [0.2, 0.25) is 0 Å². The van der Waals surface area contributed by atoms with Crippen LogP contribution in [0.15, 0.2) is 42.5 Å². The van der Waals surface area contributed by atoms with E-state index in [9.17, 15) is 15.0 Å². The van der Waals surface area contributed by atoms with Crippen LogP contribution in [0.25, 0.3) is 0 Å². The summed E-state index contributed by atoms with van der Waals surface area (Å²) in [7, 11) is 0. The summed E-state index contributed by atoms with van der Waals surface area (Å²) >= 11 is 0. The number of ether oxygens (including phenoxy) is 6. The van der Waals surface area contributed by atoms with Crippen LogP contribution < -0.4 is 33.7 Å². The molecule has 228 valence electrons. The Morgan fingerprint density at radius 3 is 1.79 bits per heavy atom. The Morgan fingerprint density at radius 1 is 0.814 bits per heavy atom. The number of hydrogen-bond acceptors (Lipinski definition) is 9. The van der Waals surface area contributed by atoms with Crippen molar-refractivity contribution < 1.29 is 47.8 Å². The zero-order valence-electron chi connectivity index (χ0n) is 24.0. The molecule has 0 radical (unpaired) electrons. The molecule has 0 aromatic heterocycles. The molecule has 0 aliphatic carbocycles. The van der Waals surface area contributed by atoms with Gasteiger partial charge in [-0.25, -0.2) is 4.39 Å². The summed E-state index contributed by atoms with van der Waals surface area (Å²) in [5.41, 5.74) is -0.777. The Balaban J connectivity index is 1.61. The van der Waals surface area contributed by atoms with Gasteiger partial charge in [0.25, 0.3) is 0 Å². The zero-order chi connectivity index (χ0) is 30.1. The smallest absolute Gasteiger partial charge is 0.244 e. The molecule has 3 aliphatic rings. The number of para-hydroxylation sites is 1. The number of hydrogen-bond donors (Lipinski definition) is 3. The van der Waals surface area contributed by atoms with Crippen molar-refractivity contribution in [3.8, 4) is 34.5 Å². The fourth-order valence-corrected chi connectivity index (χ4v) is 5.85. The van der Waals surface area contributed by atoms with Crippen molar-refractivity contribution in [3.05, 3.63) is 65.0 Å². The van der Waals surface area contributed by atoms with Crippen LogP contribution >= 0.6 is 0 Å². The lowest BCUT2D eigenvalue weighted by molar-refractivity contribution is -0.118. The van der Waals surface area contributed by atoms with Crippen LogP contribution in [0, 0.1) is 5.82 Å². The highest BCUT2D eigenvalue weighted by Crippen LogP contribution is 2.57. The van der Waals surface area contributed by atoms with E-state index in [1.807, 2.05) is 13.8 Å². The second-order valence-corrected chi connectivity index (χ2v) is 10.8. The minimum Gasteiger partial charge on any atom is -0.490 e. The third kappa shape index (κ3) is 5.06. The van der Waals surface area contributed by atoms with Gasteiger partial charge in [0, 0.05) is 28.8 Å². The van der Waals surface area contributed by atoms with Crippen LogP contribution in [0.3, 0.4) is 0 Å². The lowest BCUT2D eigenvalue weighted by atomic mass is 9.69. The van der Waals surface area contributed by atoms with Crippen LogP contribution in [0.5, 0.6) is 34.5 Å². The summed E-state index contributed by atoms with van der Waals surface area (Å²) in [6.07, 6.45) is 1.01. The molecule has 0 spiro atoms. The fraction of sp³-hybridized carbons (Fsp3) is 0.406. The summed E-state index contributed by atoms with van der Waals surface area (Å²) in [5, 5.41) is 23.8. The third-order valence-corrected chi connectivity index (χ3v) is 7.86. The number of halogens is 1. The first-order chi connectivity index (χ1) is 20.9. The molecule has 11 heteroatoms. The Hall–Kier alpha value is -4.22. The van der Waals surface area contributed by atoms with Crippen molar-refractivity contribution >= 4 is 11.6 Å². The van der Waals surface area contributed by atoms with Gasteiger partial charge in [-0.15, -0.1) is 0 Å². The maximum absolute atomic E-state index is 15.3. The van der Waals surface area contributed by atoms with E-state index in [4.69, 9.17) is 28.4 Å². The number of amides is 1. The van der Waals surface area contributed by atoms with Crippen molar-refractivity contribution in [3.63, 3.8) is 0 Å². The molecule has 0 saturated heterocycles. The lowest BCUT2D eigenvalue weighted by Crippen LogP contribution is -2.38. The lowest BCUT2D eigenvalue weighted by Gasteiger charge is -2.32. The molecule has 3 N–H and O–H groups in total. The molecule has 0 fully saturated rings. The molecular formula is C32H34FNO9. The second kappa shape index (κ2) is 11.8. The van der Waals surface area contributed by atoms with E-state index in [0.29, 0.717) is 52.5 Å². The maximum Gasteiger partial charge on any atom is 0.244 e. The van der Waals surface area contributed by atoms with Crippen LogP contribution in [0.4, 0.5) is 10.1 Å². The number of fused-ring (bicyclic) bond motifs is 3. The van der Waals surface area contributed by atoms with Gasteiger partial charge < -0.3 is 44.0 Å². The molecule has 10 nitrogen and oxygen atoms in total. The average Bonchev–Trinajstić information content (AvgIpc) is 3.72. The average molecular weight is 596 g/mol. The van der Waals surface area contributed by atoms with Gasteiger partial charge >= 0.3 is 0 Å². The molecule has 0 unspecified atom stereocenters. The van der Waals surface area contributed by atoms with E-state index >= 15 is 4.39 Å². The molecule has 2 atom stereocenters. The van der Waals surface area contributed by atoms with Gasteiger partial charge in [0.05, 0.1) is 17.9 Å². The highest BCUT2D eigenvalue weighted by molar-refractivity contribution is 6.12. The molecule has 6 rings (SSSR count). The van der Waals surface area contributed by atoms with Gasteiger partial charge in [-0.2, -0.15) is 0 Å². The predicted octanol–water partition coefficient (Wildman–Crippen LogP) is 4.65. The van der Waals surface area contributed by atoms with E-state index < -0.39 is 29.3 Å². The van der Waals surface area contributed by atoms with E-state index in [1.54, 1.807) is 30.3 Å². The third-order valence-electron chi connectivity index (χ3n) is 7.86. The Labute approximate surface area is 248 Å². The molecule has 3 aliphatic heterocycles. The molecule has 3 aromatic rings. The van der Waals surface area contributed by atoms with Crippen molar-refractivity contribution in [1.82, 2.24) is 0 Å². The number of nitrogens with one attached hydrogen (secondary N) is 1. The number of rotatable bonds is 12. The summed E-state index contributed by atoms with van der Waals surface area (Å²) < 4.78 is 50.4. The summed E-state index contributed by atoms with van der Waals surface area (Å²) in [5.74, 6) is 0.843. The number of carbonyl (C=O) groups is 1. The molecule has 0 saturated carbocycles. The number of carbonyl (C=O) groups excluding carboxylic acids is 1. The van der Waals surface area contributed by atoms with Crippen molar-refractivity contribution in [2.24, 2.45) is 0 Å². The van der Waals surface area contributed by atoms with Crippen LogP contribution in [-0.2, 0) is 10.2 Å². The number of aliphatic hydroxyl groups is 2. The highest BCUT2D eigenvalue weighted by atomic mass is 19.1. The molecule has 0 bridgehead atoms. The minimum atomic E-state index is -1.74. The first-order valence-electron chi connectivity index (χ1n) is 14.5. The van der Waals surface area contributed by atoms with Gasteiger partial charge in [-0.05, 0) is 31.0 Å². The SMILES string of the molecule is CCC[C@@H](O)COc1cc2c(cc1C1(c3cc4c(cc3OC[C@H](O)CCC)OCO4)C(=O)Nc3c(F)cccc31)OCO2. The van der Waals surface area contributed by atoms with E-state index in [2.05, 4.69) is 5.32 Å². The Kier molecular flexibility index (Phi) is 7.93. The highest BCUT2D eigenvalue weighted by Gasteiger charge is 2.55. The van der Waals surface area contributed by atoms with Gasteiger partial charge in [0.2, 0.25) is 19.5 Å². The predicted molar refractivity (Wildman–Crippen MR) is 153 cm³/mol. The van der Waals surface area contributed by atoms with E-state index in [-0.39, 0.29) is 44.0 Å². The van der Waals surface area contributed by atoms with E-state index in [0.717, 1.165) is 12.8 Å². The van der Waals surface area contributed by atoms with Crippen LogP contribution in [-0.4, -0.2) is 55.1 Å². The first-order valence-corrected chi connectivity index (χ1v) is 14.5. The normalized spacial score (nSPS) is 16.9. The molecule has 1 amide bonds. The number of benzene rings is 3. The monoisotopic (exact) mass is 595 g/mol. The number of aliphatic hydroxyl groups excluding tert-OH is 2. The number of anilines is 1. The molecule has 3 aromatic carbocycles. The topological polar surface area (TPSA) is 125 Å². The van der Waals surface area contributed by atoms with Crippen LogP contribution in [0.1, 0.15) is 56.2 Å². The summed E-state index contributed by atoms with van der Waals surface area (Å²) in [6.45, 7) is 3.74. The molecule has 43 heavy (non-hydrogen) atoms. The summed E-state index contributed by atoms with van der Waals surface area (Å²) in [6, 6.07) is 11.0. The standard InChI is InChI=1S/C32H34FNO9/c1-3-6-18(35)14-38-24-12-28-26(40-16-42-28)10-21(24)32(20-8-5-9-23(33)30(20)34-31(32)37)22-11-27-29(43-17-41-27)13-25(22)39-15-19(36)7-4-2/h5,8-13,18-19,35-36H,3-4,6-7,14-17H2,1-2H3,(H,34,37)/t18-,19-/m1/s1. The largest absolute Gasteiger partial charge is 0.490 e.